The van der Waals surface area contributed by atoms with Crippen molar-refractivity contribution in [1.29, 1.82) is 0 Å². The molecule has 0 saturated heterocycles. The lowest BCUT2D eigenvalue weighted by Gasteiger charge is -2.02. The van der Waals surface area contributed by atoms with Crippen LogP contribution >= 0.6 is 23.2 Å². The largest absolute Gasteiger partial charge is 0.292 e. The van der Waals surface area contributed by atoms with Crippen LogP contribution in [0.5, 0.6) is 0 Å². The summed E-state index contributed by atoms with van der Waals surface area (Å²) in [5.74, 6) is -0.684. The minimum Gasteiger partial charge on any atom is -0.292 e. The van der Waals surface area contributed by atoms with Crippen LogP contribution in [-0.2, 0) is 4.79 Å². The Labute approximate surface area is 100 Å². The van der Waals surface area contributed by atoms with E-state index in [1.54, 1.807) is 0 Å². The number of benzene rings is 1. The first-order chi connectivity index (χ1) is 7.43. The van der Waals surface area contributed by atoms with Gasteiger partial charge < -0.3 is 0 Å². The molecule has 16 heavy (non-hydrogen) atoms. The number of ketones is 1. The fraction of sp³-hybridized carbons (Fsp3) is 0.111. The van der Waals surface area contributed by atoms with Gasteiger partial charge in [-0.15, -0.1) is 11.6 Å². The molecule has 1 atom stereocenters. The number of nitro benzene ring substituents is 1. The lowest BCUT2D eigenvalue weighted by Crippen LogP contribution is -2.20. The van der Waals surface area contributed by atoms with Crippen LogP contribution in [0.25, 0.3) is 0 Å². The van der Waals surface area contributed by atoms with E-state index in [0.29, 0.717) is 0 Å². The fourth-order valence-corrected chi connectivity index (χ4v) is 1.22. The lowest BCUT2D eigenvalue weighted by atomic mass is 10.1. The average Bonchev–Trinajstić information content (AvgIpc) is 2.27. The molecule has 0 fully saturated rings. The van der Waals surface area contributed by atoms with Crippen LogP contribution in [0.4, 0.5) is 5.69 Å². The third kappa shape index (κ3) is 2.77. The Hall–Kier alpha value is -1.46. The van der Waals surface area contributed by atoms with Crippen molar-refractivity contribution in [3.8, 4) is 0 Å². The highest BCUT2D eigenvalue weighted by atomic mass is 35.5. The zero-order chi connectivity index (χ0) is 12.3. The molecular formula is C9H5Cl2NO4. The number of hydrogen-bond donors (Lipinski definition) is 0. The minimum absolute atomic E-state index is 0.0969. The van der Waals surface area contributed by atoms with Gasteiger partial charge in [-0.05, 0) is 23.7 Å². The number of hydrogen-bond acceptors (Lipinski definition) is 4. The summed E-state index contributed by atoms with van der Waals surface area (Å²) in [6.45, 7) is 0. The van der Waals surface area contributed by atoms with Gasteiger partial charge in [0.25, 0.3) is 5.69 Å². The third-order valence-corrected chi connectivity index (χ3v) is 2.52. The van der Waals surface area contributed by atoms with Crippen molar-refractivity contribution in [3.05, 3.63) is 39.9 Å². The summed E-state index contributed by atoms with van der Waals surface area (Å²) < 4.78 is 0. The van der Waals surface area contributed by atoms with Crippen LogP contribution in [0.1, 0.15) is 10.4 Å². The Kier molecular flexibility index (Phi) is 3.98. The summed E-state index contributed by atoms with van der Waals surface area (Å²) in [6.07, 6.45) is 0. The summed E-state index contributed by atoms with van der Waals surface area (Å²) in [5, 5.41) is 7.89. The Balaban J connectivity index is 2.94. The lowest BCUT2D eigenvalue weighted by molar-refractivity contribution is -0.384. The first-order valence-electron chi connectivity index (χ1n) is 4.05. The monoisotopic (exact) mass is 261 g/mol. The van der Waals surface area contributed by atoms with E-state index in [1.165, 1.54) is 12.1 Å². The molecular weight excluding hydrogens is 257 g/mol. The average molecular weight is 262 g/mol. The van der Waals surface area contributed by atoms with Gasteiger partial charge in [0.05, 0.1) is 4.92 Å². The summed E-state index contributed by atoms with van der Waals surface area (Å²) in [6, 6.07) is 4.73. The van der Waals surface area contributed by atoms with Gasteiger partial charge in [-0.2, -0.15) is 0 Å². The van der Waals surface area contributed by atoms with Gasteiger partial charge in [-0.3, -0.25) is 19.7 Å². The number of halogens is 2. The highest BCUT2D eigenvalue weighted by molar-refractivity contribution is 6.72. The maximum Gasteiger partial charge on any atom is 0.269 e. The van der Waals surface area contributed by atoms with Crippen LogP contribution < -0.4 is 0 Å². The Morgan fingerprint density at radius 1 is 1.25 bits per heavy atom. The van der Waals surface area contributed by atoms with Crippen molar-refractivity contribution in [2.24, 2.45) is 0 Å². The Morgan fingerprint density at radius 3 is 2.12 bits per heavy atom. The second kappa shape index (κ2) is 5.05. The van der Waals surface area contributed by atoms with E-state index < -0.39 is 21.3 Å². The van der Waals surface area contributed by atoms with Crippen LogP contribution in [0.2, 0.25) is 0 Å². The molecule has 1 rings (SSSR count). The predicted molar refractivity (Wildman–Crippen MR) is 57.9 cm³/mol. The van der Waals surface area contributed by atoms with Gasteiger partial charge >= 0.3 is 0 Å². The van der Waals surface area contributed by atoms with Crippen molar-refractivity contribution in [2.75, 3.05) is 0 Å². The van der Waals surface area contributed by atoms with Gasteiger partial charge in [0.15, 0.2) is 11.2 Å². The molecule has 0 aliphatic carbocycles. The fourth-order valence-electron chi connectivity index (χ4n) is 0.997. The van der Waals surface area contributed by atoms with Gasteiger partial charge in [0, 0.05) is 17.7 Å². The molecule has 1 aromatic carbocycles. The Morgan fingerprint density at radius 2 is 1.75 bits per heavy atom. The third-order valence-electron chi connectivity index (χ3n) is 1.79. The van der Waals surface area contributed by atoms with Gasteiger partial charge in [0.1, 0.15) is 0 Å². The molecule has 0 saturated carbocycles. The molecule has 5 nitrogen and oxygen atoms in total. The highest BCUT2D eigenvalue weighted by Crippen LogP contribution is 2.15. The summed E-state index contributed by atoms with van der Waals surface area (Å²) in [7, 11) is 0. The summed E-state index contributed by atoms with van der Waals surface area (Å²) >= 11 is 10.5. The first kappa shape index (κ1) is 12.6. The van der Waals surface area contributed by atoms with E-state index >= 15 is 0 Å². The number of Topliss-reactive ketones (excluding diaryl/α,β-unsaturated/α-hetero) is 1. The van der Waals surface area contributed by atoms with Crippen LogP contribution in [-0.4, -0.2) is 21.3 Å². The normalized spacial score (nSPS) is 11.9. The van der Waals surface area contributed by atoms with Crippen molar-refractivity contribution < 1.29 is 14.5 Å². The maximum atomic E-state index is 11.5. The van der Waals surface area contributed by atoms with Crippen molar-refractivity contribution in [2.45, 2.75) is 5.38 Å². The second-order valence-corrected chi connectivity index (χ2v) is 3.64. The van der Waals surface area contributed by atoms with E-state index in [-0.39, 0.29) is 11.3 Å². The molecule has 0 amide bonds. The number of alkyl halides is 1. The predicted octanol–water partition coefficient (Wildman–Crippen LogP) is 2.15. The van der Waals surface area contributed by atoms with Crippen LogP contribution in [0.15, 0.2) is 24.3 Å². The highest BCUT2D eigenvalue weighted by Gasteiger charge is 2.23. The summed E-state index contributed by atoms with van der Waals surface area (Å²) in [4.78, 5) is 31.8. The molecule has 1 unspecified atom stereocenters. The SMILES string of the molecule is O=C(Cl)C(Cl)C(=O)c1ccc([N+](=O)[O-])cc1. The number of non-ortho nitro benzene ring substituents is 1. The molecule has 84 valence electrons. The van der Waals surface area contributed by atoms with Crippen LogP contribution in [0, 0.1) is 10.1 Å². The van der Waals surface area contributed by atoms with Crippen molar-refractivity contribution >= 4 is 39.9 Å². The number of nitrogens with zero attached hydrogens (tertiary/aromatic N) is 1. The minimum atomic E-state index is -1.47. The Bertz CT molecular complexity index is 443. The maximum absolute atomic E-state index is 11.5. The molecule has 0 heterocycles. The molecule has 0 bridgehead atoms. The van der Waals surface area contributed by atoms with E-state index in [2.05, 4.69) is 0 Å². The second-order valence-electron chi connectivity index (χ2n) is 2.83. The number of carbonyl (C=O) groups excluding carboxylic acids is 2. The van der Waals surface area contributed by atoms with E-state index in [4.69, 9.17) is 23.2 Å². The van der Waals surface area contributed by atoms with Crippen LogP contribution in [0.3, 0.4) is 0 Å². The topological polar surface area (TPSA) is 77.3 Å². The zero-order valence-electron chi connectivity index (χ0n) is 7.72. The molecule has 1 aromatic rings. The quantitative estimate of drug-likeness (QED) is 0.208. The molecule has 0 aromatic heterocycles. The van der Waals surface area contributed by atoms with Gasteiger partial charge in [-0.1, -0.05) is 0 Å². The number of nitro groups is 1. The van der Waals surface area contributed by atoms with Gasteiger partial charge in [0.2, 0.25) is 5.24 Å². The molecule has 0 aliphatic rings. The molecule has 0 aliphatic heterocycles. The van der Waals surface area contributed by atoms with E-state index in [9.17, 15) is 19.7 Å². The summed E-state index contributed by atoms with van der Waals surface area (Å²) in [5.41, 5.74) is -0.0560. The molecule has 0 N–H and O–H groups in total. The van der Waals surface area contributed by atoms with Gasteiger partial charge in [-0.25, -0.2) is 0 Å². The smallest absolute Gasteiger partial charge is 0.269 e. The zero-order valence-corrected chi connectivity index (χ0v) is 9.23. The molecule has 7 heteroatoms. The van der Waals surface area contributed by atoms with Crippen molar-refractivity contribution in [1.82, 2.24) is 0 Å². The number of rotatable bonds is 4. The standard InChI is InChI=1S/C9H5Cl2NO4/c10-7(9(11)14)8(13)5-1-3-6(4-2-5)12(15)16/h1-4,7H. The first-order valence-corrected chi connectivity index (χ1v) is 4.87. The van der Waals surface area contributed by atoms with Crippen molar-refractivity contribution in [3.63, 3.8) is 0 Å². The molecule has 0 radical (unpaired) electrons. The van der Waals surface area contributed by atoms with E-state index in [1.807, 2.05) is 0 Å². The van der Waals surface area contributed by atoms with E-state index in [0.717, 1.165) is 12.1 Å². The molecule has 0 spiro atoms. The number of carbonyl (C=O) groups is 2.